The van der Waals surface area contributed by atoms with Crippen LogP contribution in [0, 0.1) is 0 Å². The molecule has 0 bridgehead atoms. The number of carbonyl (C=O) groups is 2. The molecule has 32 heavy (non-hydrogen) atoms. The van der Waals surface area contributed by atoms with Crippen molar-refractivity contribution in [1.82, 2.24) is 4.90 Å². The number of halogens is 3. The van der Waals surface area contributed by atoms with E-state index in [1.165, 1.54) is 12.1 Å². The molecule has 1 saturated heterocycles. The summed E-state index contributed by atoms with van der Waals surface area (Å²) in [7, 11) is 0. The van der Waals surface area contributed by atoms with E-state index < -0.39 is 17.3 Å². The summed E-state index contributed by atoms with van der Waals surface area (Å²) < 4.78 is 38.3. The highest BCUT2D eigenvalue weighted by molar-refractivity contribution is 5.99. The van der Waals surface area contributed by atoms with E-state index in [9.17, 15) is 27.9 Å². The Morgan fingerprint density at radius 2 is 1.75 bits per heavy atom. The van der Waals surface area contributed by atoms with E-state index in [0.29, 0.717) is 62.9 Å². The van der Waals surface area contributed by atoms with Gasteiger partial charge in [0, 0.05) is 43.7 Å². The van der Waals surface area contributed by atoms with E-state index in [4.69, 9.17) is 0 Å². The Balaban J connectivity index is 1.30. The van der Waals surface area contributed by atoms with Crippen molar-refractivity contribution in [3.8, 4) is 0 Å². The van der Waals surface area contributed by atoms with Crippen LogP contribution < -0.4 is 5.32 Å². The standard InChI is InChI=1S/C24H25F3N2O3/c25-24(26,27)19-5-3-18(4-6-19)23(32)10-13-29(14-11-23)12-9-21(30)17-1-7-20-16(15-17)2-8-22(31)28-20/h1,3-7,15,32H,2,8-14H2,(H,28,31). The average Bonchev–Trinajstić information content (AvgIpc) is 2.77. The number of piperidine rings is 1. The number of aliphatic hydroxyl groups is 1. The highest BCUT2D eigenvalue weighted by Crippen LogP contribution is 2.35. The Bertz CT molecular complexity index is 1010. The van der Waals surface area contributed by atoms with Gasteiger partial charge < -0.3 is 15.3 Å². The zero-order chi connectivity index (χ0) is 22.9. The largest absolute Gasteiger partial charge is 0.416 e. The summed E-state index contributed by atoms with van der Waals surface area (Å²) >= 11 is 0. The van der Waals surface area contributed by atoms with E-state index in [-0.39, 0.29) is 11.7 Å². The number of ketones is 1. The number of Topliss-reactive ketones (excluding diaryl/α,β-unsaturated/α-hetero) is 1. The summed E-state index contributed by atoms with van der Waals surface area (Å²) in [5, 5.41) is 13.7. The number of nitrogens with one attached hydrogen (secondary N) is 1. The first kappa shape index (κ1) is 22.5. The Hall–Kier alpha value is -2.71. The number of carbonyl (C=O) groups excluding carboxylic acids is 2. The number of hydrogen-bond acceptors (Lipinski definition) is 4. The van der Waals surface area contributed by atoms with Gasteiger partial charge in [0.15, 0.2) is 5.78 Å². The molecule has 0 unspecified atom stereocenters. The van der Waals surface area contributed by atoms with E-state index in [1.54, 1.807) is 12.1 Å². The molecule has 0 spiro atoms. The third-order valence-electron chi connectivity index (χ3n) is 6.41. The summed E-state index contributed by atoms with van der Waals surface area (Å²) in [6.45, 7) is 1.66. The maximum absolute atomic E-state index is 12.8. The lowest BCUT2D eigenvalue weighted by atomic mass is 9.84. The summed E-state index contributed by atoms with van der Waals surface area (Å²) in [6.07, 6.45) is -2.24. The second kappa shape index (κ2) is 8.67. The Morgan fingerprint density at radius 1 is 1.06 bits per heavy atom. The number of alkyl halides is 3. The number of amides is 1. The molecule has 1 amide bonds. The smallest absolute Gasteiger partial charge is 0.385 e. The number of hydrogen-bond donors (Lipinski definition) is 2. The fourth-order valence-electron chi connectivity index (χ4n) is 4.37. The summed E-state index contributed by atoms with van der Waals surface area (Å²) in [5.74, 6) is 0.00574. The number of nitrogens with zero attached hydrogens (tertiary/aromatic N) is 1. The molecule has 2 aromatic rings. The fraction of sp³-hybridized carbons (Fsp3) is 0.417. The van der Waals surface area contributed by atoms with Gasteiger partial charge in [-0.25, -0.2) is 0 Å². The van der Waals surface area contributed by atoms with Gasteiger partial charge in [-0.1, -0.05) is 12.1 Å². The van der Waals surface area contributed by atoms with Crippen LogP contribution in [0.15, 0.2) is 42.5 Å². The maximum atomic E-state index is 12.8. The molecule has 1 fully saturated rings. The van der Waals surface area contributed by atoms with Crippen molar-refractivity contribution in [3.05, 3.63) is 64.7 Å². The molecule has 8 heteroatoms. The molecule has 2 N–H and O–H groups in total. The molecule has 2 heterocycles. The van der Waals surface area contributed by atoms with Gasteiger partial charge in [0.1, 0.15) is 0 Å². The van der Waals surface area contributed by atoms with E-state index in [2.05, 4.69) is 10.2 Å². The zero-order valence-electron chi connectivity index (χ0n) is 17.5. The fourth-order valence-corrected chi connectivity index (χ4v) is 4.37. The minimum Gasteiger partial charge on any atom is -0.385 e. The molecule has 0 radical (unpaired) electrons. The second-order valence-corrected chi connectivity index (χ2v) is 8.54. The van der Waals surface area contributed by atoms with Gasteiger partial charge >= 0.3 is 6.18 Å². The van der Waals surface area contributed by atoms with E-state index in [0.717, 1.165) is 23.4 Å². The van der Waals surface area contributed by atoms with Crippen molar-refractivity contribution < 1.29 is 27.9 Å². The minimum atomic E-state index is -4.40. The number of likely N-dealkylation sites (tertiary alicyclic amines) is 1. The lowest BCUT2D eigenvalue weighted by Crippen LogP contribution is -2.43. The molecule has 0 saturated carbocycles. The first-order chi connectivity index (χ1) is 15.1. The number of anilines is 1. The molecule has 2 aliphatic rings. The molecule has 0 aliphatic carbocycles. The first-order valence-electron chi connectivity index (χ1n) is 10.7. The van der Waals surface area contributed by atoms with Crippen molar-refractivity contribution in [2.75, 3.05) is 25.0 Å². The predicted octanol–water partition coefficient (Wildman–Crippen LogP) is 4.15. The van der Waals surface area contributed by atoms with Gasteiger partial charge in [-0.3, -0.25) is 9.59 Å². The lowest BCUT2D eigenvalue weighted by Gasteiger charge is -2.38. The van der Waals surface area contributed by atoms with Crippen LogP contribution in [0.25, 0.3) is 0 Å². The molecule has 4 rings (SSSR count). The Kier molecular flexibility index (Phi) is 6.09. The zero-order valence-corrected chi connectivity index (χ0v) is 17.5. The van der Waals surface area contributed by atoms with Crippen LogP contribution in [-0.4, -0.2) is 41.3 Å². The average molecular weight is 446 g/mol. The van der Waals surface area contributed by atoms with Gasteiger partial charge in [-0.2, -0.15) is 13.2 Å². The number of benzene rings is 2. The van der Waals surface area contributed by atoms with Gasteiger partial charge in [-0.15, -0.1) is 0 Å². The van der Waals surface area contributed by atoms with Gasteiger partial charge in [0.25, 0.3) is 0 Å². The molecule has 0 atom stereocenters. The predicted molar refractivity (Wildman–Crippen MR) is 113 cm³/mol. The highest BCUT2D eigenvalue weighted by Gasteiger charge is 2.35. The minimum absolute atomic E-state index is 0.0158. The summed E-state index contributed by atoms with van der Waals surface area (Å²) in [6, 6.07) is 10.0. The van der Waals surface area contributed by atoms with Crippen molar-refractivity contribution in [2.24, 2.45) is 0 Å². The van der Waals surface area contributed by atoms with Crippen molar-refractivity contribution in [1.29, 1.82) is 0 Å². The van der Waals surface area contributed by atoms with Crippen LogP contribution in [0.2, 0.25) is 0 Å². The van der Waals surface area contributed by atoms with Crippen LogP contribution in [0.1, 0.15) is 52.7 Å². The third kappa shape index (κ3) is 4.86. The van der Waals surface area contributed by atoms with Crippen LogP contribution in [0.4, 0.5) is 18.9 Å². The summed E-state index contributed by atoms with van der Waals surface area (Å²) in [4.78, 5) is 26.2. The maximum Gasteiger partial charge on any atom is 0.416 e. The Morgan fingerprint density at radius 3 is 2.41 bits per heavy atom. The normalized spacial score (nSPS) is 18.7. The highest BCUT2D eigenvalue weighted by atomic mass is 19.4. The lowest BCUT2D eigenvalue weighted by molar-refractivity contribution is -0.137. The summed E-state index contributed by atoms with van der Waals surface area (Å²) in [5.41, 5.74) is 0.949. The molecule has 2 aliphatic heterocycles. The molecule has 5 nitrogen and oxygen atoms in total. The van der Waals surface area contributed by atoms with E-state index in [1.807, 2.05) is 6.07 Å². The second-order valence-electron chi connectivity index (χ2n) is 8.54. The van der Waals surface area contributed by atoms with Crippen LogP contribution in [0.3, 0.4) is 0 Å². The topological polar surface area (TPSA) is 69.6 Å². The monoisotopic (exact) mass is 446 g/mol. The SMILES string of the molecule is O=C1CCc2cc(C(=O)CCN3CCC(O)(c4ccc(C(F)(F)F)cc4)CC3)ccc2N1. The molecule has 0 aromatic heterocycles. The van der Waals surface area contributed by atoms with Crippen LogP contribution in [-0.2, 0) is 23.0 Å². The third-order valence-corrected chi connectivity index (χ3v) is 6.41. The molecular weight excluding hydrogens is 421 g/mol. The van der Waals surface area contributed by atoms with Gasteiger partial charge in [0.2, 0.25) is 5.91 Å². The number of fused-ring (bicyclic) bond motifs is 1. The number of rotatable bonds is 5. The van der Waals surface area contributed by atoms with Crippen LogP contribution >= 0.6 is 0 Å². The van der Waals surface area contributed by atoms with Crippen molar-refractivity contribution in [3.63, 3.8) is 0 Å². The molecular formula is C24H25F3N2O3. The van der Waals surface area contributed by atoms with Gasteiger partial charge in [0.05, 0.1) is 11.2 Å². The van der Waals surface area contributed by atoms with Crippen LogP contribution in [0.5, 0.6) is 0 Å². The van der Waals surface area contributed by atoms with Crippen molar-refractivity contribution >= 4 is 17.4 Å². The number of aryl methyl sites for hydroxylation is 1. The van der Waals surface area contributed by atoms with E-state index >= 15 is 0 Å². The van der Waals surface area contributed by atoms with Gasteiger partial charge in [-0.05, 0) is 60.7 Å². The molecule has 170 valence electrons. The Labute approximate surface area is 184 Å². The quantitative estimate of drug-likeness (QED) is 0.678. The van der Waals surface area contributed by atoms with Crippen molar-refractivity contribution in [2.45, 2.75) is 43.9 Å². The molecule has 2 aromatic carbocycles. The first-order valence-corrected chi connectivity index (χ1v) is 10.7.